The molecule has 0 saturated carbocycles. The molecule has 0 radical (unpaired) electrons. The van der Waals surface area contributed by atoms with Crippen molar-refractivity contribution in [3.63, 3.8) is 0 Å². The minimum Gasteiger partial charge on any atom is -0.380 e. The summed E-state index contributed by atoms with van der Waals surface area (Å²) >= 11 is 5.96. The van der Waals surface area contributed by atoms with E-state index in [1.54, 1.807) is 7.11 Å². The van der Waals surface area contributed by atoms with Crippen molar-refractivity contribution in [2.45, 2.75) is 31.9 Å². The number of hydrogen-bond donors (Lipinski definition) is 2. The smallest absolute Gasteiger partial charge is 0.223 e. The molecule has 2 atom stereocenters. The molecule has 1 aromatic rings. The van der Waals surface area contributed by atoms with Crippen molar-refractivity contribution in [3.05, 3.63) is 34.9 Å². The van der Waals surface area contributed by atoms with Crippen LogP contribution in [0.3, 0.4) is 0 Å². The highest BCUT2D eigenvalue weighted by atomic mass is 35.5. The predicted molar refractivity (Wildman–Crippen MR) is 77.1 cm³/mol. The number of ether oxygens (including phenoxy) is 1. The van der Waals surface area contributed by atoms with Gasteiger partial charge < -0.3 is 15.8 Å². The largest absolute Gasteiger partial charge is 0.380 e. The molecule has 0 heterocycles. The second kappa shape index (κ2) is 8.15. The highest BCUT2D eigenvalue weighted by molar-refractivity contribution is 6.30. The molecule has 0 bridgehead atoms. The average Bonchev–Trinajstić information content (AvgIpc) is 2.42. The van der Waals surface area contributed by atoms with Gasteiger partial charge in [-0.2, -0.15) is 0 Å². The van der Waals surface area contributed by atoms with E-state index in [-0.39, 0.29) is 24.5 Å². The molecule has 19 heavy (non-hydrogen) atoms. The van der Waals surface area contributed by atoms with E-state index in [9.17, 15) is 4.79 Å². The van der Waals surface area contributed by atoms with Gasteiger partial charge in [-0.05, 0) is 24.1 Å². The molecular formula is C14H21ClN2O2. The number of nitrogens with one attached hydrogen (secondary N) is 1. The van der Waals surface area contributed by atoms with Crippen molar-refractivity contribution in [1.82, 2.24) is 5.32 Å². The van der Waals surface area contributed by atoms with E-state index < -0.39 is 0 Å². The number of hydrogen-bond acceptors (Lipinski definition) is 3. The molecule has 1 aromatic carbocycles. The fraction of sp³-hybridized carbons (Fsp3) is 0.500. The first-order valence-electron chi connectivity index (χ1n) is 6.38. The van der Waals surface area contributed by atoms with Gasteiger partial charge in [0.2, 0.25) is 5.91 Å². The van der Waals surface area contributed by atoms with Crippen LogP contribution in [0.4, 0.5) is 0 Å². The van der Waals surface area contributed by atoms with E-state index in [0.717, 1.165) is 12.0 Å². The standard InChI is InChI=1S/C14H21ClN2O2/c1-3-13(10-5-4-6-11(15)7-10)17-14(18)8-12(9-16)19-2/h4-7,12-13H,3,8-9,16H2,1-2H3,(H,17,18). The summed E-state index contributed by atoms with van der Waals surface area (Å²) in [6.07, 6.45) is 0.827. The van der Waals surface area contributed by atoms with Gasteiger partial charge in [0.15, 0.2) is 0 Å². The second-order valence-electron chi connectivity index (χ2n) is 4.38. The number of amides is 1. The summed E-state index contributed by atoms with van der Waals surface area (Å²) in [5.74, 6) is -0.0656. The monoisotopic (exact) mass is 284 g/mol. The van der Waals surface area contributed by atoms with E-state index in [2.05, 4.69) is 5.32 Å². The van der Waals surface area contributed by atoms with Crippen LogP contribution in [0, 0.1) is 0 Å². The van der Waals surface area contributed by atoms with E-state index in [1.807, 2.05) is 31.2 Å². The number of methoxy groups -OCH3 is 1. The van der Waals surface area contributed by atoms with Crippen molar-refractivity contribution in [1.29, 1.82) is 0 Å². The van der Waals surface area contributed by atoms with Crippen LogP contribution >= 0.6 is 11.6 Å². The Morgan fingerprint density at radius 2 is 2.26 bits per heavy atom. The van der Waals surface area contributed by atoms with Gasteiger partial charge in [0.25, 0.3) is 0 Å². The van der Waals surface area contributed by atoms with Gasteiger partial charge in [-0.1, -0.05) is 30.7 Å². The van der Waals surface area contributed by atoms with Crippen molar-refractivity contribution in [2.24, 2.45) is 5.73 Å². The molecule has 5 heteroatoms. The maximum Gasteiger partial charge on any atom is 0.223 e. The highest BCUT2D eigenvalue weighted by Crippen LogP contribution is 2.20. The Balaban J connectivity index is 2.64. The van der Waals surface area contributed by atoms with Crippen LogP contribution in [0.1, 0.15) is 31.4 Å². The van der Waals surface area contributed by atoms with Gasteiger partial charge in [0.1, 0.15) is 0 Å². The molecule has 0 saturated heterocycles. The van der Waals surface area contributed by atoms with E-state index >= 15 is 0 Å². The number of carbonyl (C=O) groups excluding carboxylic acids is 1. The van der Waals surface area contributed by atoms with Crippen molar-refractivity contribution in [3.8, 4) is 0 Å². The number of nitrogens with two attached hydrogens (primary N) is 1. The van der Waals surface area contributed by atoms with Crippen LogP contribution < -0.4 is 11.1 Å². The molecule has 2 unspecified atom stereocenters. The summed E-state index contributed by atoms with van der Waals surface area (Å²) in [4.78, 5) is 11.9. The van der Waals surface area contributed by atoms with Gasteiger partial charge in [-0.15, -0.1) is 0 Å². The molecule has 0 aliphatic rings. The molecule has 0 spiro atoms. The van der Waals surface area contributed by atoms with Gasteiger partial charge in [0.05, 0.1) is 18.6 Å². The first-order valence-corrected chi connectivity index (χ1v) is 6.76. The Bertz CT molecular complexity index is 408. The lowest BCUT2D eigenvalue weighted by Gasteiger charge is -2.19. The topological polar surface area (TPSA) is 64.4 Å². The van der Waals surface area contributed by atoms with E-state index in [1.165, 1.54) is 0 Å². The molecule has 1 amide bonds. The number of carbonyl (C=O) groups is 1. The number of benzene rings is 1. The second-order valence-corrected chi connectivity index (χ2v) is 4.82. The van der Waals surface area contributed by atoms with Gasteiger partial charge in [-0.25, -0.2) is 0 Å². The first kappa shape index (κ1) is 16.0. The third kappa shape index (κ3) is 5.19. The van der Waals surface area contributed by atoms with Crippen LogP contribution in [0.5, 0.6) is 0 Å². The molecule has 0 aliphatic carbocycles. The van der Waals surface area contributed by atoms with Crippen molar-refractivity contribution >= 4 is 17.5 Å². The summed E-state index contributed by atoms with van der Waals surface area (Å²) in [6, 6.07) is 7.48. The summed E-state index contributed by atoms with van der Waals surface area (Å²) in [6.45, 7) is 2.35. The van der Waals surface area contributed by atoms with E-state index in [4.69, 9.17) is 22.1 Å². The third-order valence-electron chi connectivity index (χ3n) is 3.00. The fourth-order valence-corrected chi connectivity index (χ4v) is 2.07. The molecule has 3 N–H and O–H groups in total. The first-order chi connectivity index (χ1) is 9.10. The number of rotatable bonds is 7. The lowest BCUT2D eigenvalue weighted by atomic mass is 10.0. The Hall–Kier alpha value is -1.10. The molecule has 4 nitrogen and oxygen atoms in total. The average molecular weight is 285 g/mol. The minimum atomic E-state index is -0.239. The molecule has 0 aromatic heterocycles. The van der Waals surface area contributed by atoms with Gasteiger partial charge >= 0.3 is 0 Å². The zero-order chi connectivity index (χ0) is 14.3. The van der Waals surface area contributed by atoms with Crippen LogP contribution in [0.2, 0.25) is 5.02 Å². The van der Waals surface area contributed by atoms with Crippen LogP contribution in [0.15, 0.2) is 24.3 Å². The molecule has 0 aliphatic heterocycles. The number of halogens is 1. The normalized spacial score (nSPS) is 13.9. The molecule has 1 rings (SSSR count). The molecule has 106 valence electrons. The van der Waals surface area contributed by atoms with Crippen LogP contribution in [-0.4, -0.2) is 25.7 Å². The lowest BCUT2D eigenvalue weighted by Crippen LogP contribution is -2.34. The lowest BCUT2D eigenvalue weighted by molar-refractivity contribution is -0.124. The van der Waals surface area contributed by atoms with Crippen molar-refractivity contribution < 1.29 is 9.53 Å². The molecular weight excluding hydrogens is 264 g/mol. The predicted octanol–water partition coefficient (Wildman–Crippen LogP) is 2.27. The van der Waals surface area contributed by atoms with Gasteiger partial charge in [0, 0.05) is 18.7 Å². The summed E-state index contributed by atoms with van der Waals surface area (Å²) in [5, 5.41) is 3.64. The zero-order valence-corrected chi connectivity index (χ0v) is 12.1. The van der Waals surface area contributed by atoms with E-state index in [0.29, 0.717) is 11.6 Å². The highest BCUT2D eigenvalue weighted by Gasteiger charge is 2.16. The van der Waals surface area contributed by atoms with Gasteiger partial charge in [-0.3, -0.25) is 4.79 Å². The maximum atomic E-state index is 11.9. The Morgan fingerprint density at radius 1 is 1.53 bits per heavy atom. The summed E-state index contributed by atoms with van der Waals surface area (Å²) in [7, 11) is 1.55. The van der Waals surface area contributed by atoms with Crippen LogP contribution in [-0.2, 0) is 9.53 Å². The quantitative estimate of drug-likeness (QED) is 0.807. The van der Waals surface area contributed by atoms with Crippen molar-refractivity contribution in [2.75, 3.05) is 13.7 Å². The maximum absolute atomic E-state index is 11.9. The summed E-state index contributed by atoms with van der Waals surface area (Å²) in [5.41, 5.74) is 6.51. The van der Waals surface area contributed by atoms with Crippen LogP contribution in [0.25, 0.3) is 0 Å². The third-order valence-corrected chi connectivity index (χ3v) is 3.24. The zero-order valence-electron chi connectivity index (χ0n) is 11.4. The summed E-state index contributed by atoms with van der Waals surface area (Å²) < 4.78 is 5.10. The SMILES string of the molecule is CCC(NC(=O)CC(CN)OC)c1cccc(Cl)c1. The molecule has 0 fully saturated rings. The Kier molecular flexibility index (Phi) is 6.84. The Morgan fingerprint density at radius 3 is 2.79 bits per heavy atom. The Labute approximate surface area is 119 Å². The minimum absolute atomic E-state index is 0.0403. The fourth-order valence-electron chi connectivity index (χ4n) is 1.87.